The van der Waals surface area contributed by atoms with E-state index in [0.717, 1.165) is 17.8 Å². The van der Waals surface area contributed by atoms with Crippen LogP contribution in [0.25, 0.3) is 0 Å². The molecule has 3 N–H and O–H groups in total. The maximum absolute atomic E-state index is 12.6. The highest BCUT2D eigenvalue weighted by Gasteiger charge is 2.59. The third-order valence-electron chi connectivity index (χ3n) is 6.03. The number of hydrogen-bond donors (Lipinski definition) is 2. The van der Waals surface area contributed by atoms with Gasteiger partial charge in [0, 0.05) is 6.04 Å². The third kappa shape index (κ3) is 2.01. The van der Waals surface area contributed by atoms with Gasteiger partial charge in [-0.05, 0) is 82.5 Å². The average molecular weight is 264 g/mol. The van der Waals surface area contributed by atoms with Crippen LogP contribution in [-0.2, 0) is 4.79 Å². The van der Waals surface area contributed by atoms with Crippen LogP contribution in [0.4, 0.5) is 0 Å². The van der Waals surface area contributed by atoms with Gasteiger partial charge in [0.1, 0.15) is 0 Å². The summed E-state index contributed by atoms with van der Waals surface area (Å²) in [4.78, 5) is 12.6. The van der Waals surface area contributed by atoms with E-state index in [2.05, 4.69) is 5.32 Å². The maximum Gasteiger partial charge on any atom is 0.240 e. The van der Waals surface area contributed by atoms with Gasteiger partial charge in [-0.15, -0.1) is 0 Å². The lowest BCUT2D eigenvalue weighted by Gasteiger charge is -2.61. The highest BCUT2D eigenvalue weighted by atomic mass is 16.2. The monoisotopic (exact) mass is 264 g/mol. The quantitative estimate of drug-likeness (QED) is 0.822. The SMILES string of the molecule is CC(C)NC(=O)C(C)(N)C12CC3CC(CC(C3)C1)C2. The second-order valence-corrected chi connectivity index (χ2v) is 8.03. The first-order valence-electron chi connectivity index (χ1n) is 7.92. The number of carbonyl (C=O) groups is 1. The Morgan fingerprint density at radius 1 is 1.16 bits per heavy atom. The molecule has 0 spiro atoms. The van der Waals surface area contributed by atoms with Gasteiger partial charge in [-0.3, -0.25) is 4.79 Å². The molecular weight excluding hydrogens is 236 g/mol. The summed E-state index contributed by atoms with van der Waals surface area (Å²) < 4.78 is 0. The van der Waals surface area contributed by atoms with Crippen molar-refractivity contribution < 1.29 is 4.79 Å². The van der Waals surface area contributed by atoms with Gasteiger partial charge in [0.05, 0.1) is 5.54 Å². The predicted octanol–water partition coefficient (Wildman–Crippen LogP) is 2.44. The average Bonchev–Trinajstić information content (AvgIpc) is 2.25. The summed E-state index contributed by atoms with van der Waals surface area (Å²) in [6.45, 7) is 6.00. The Bertz CT molecular complexity index is 351. The number of nitrogens with one attached hydrogen (secondary N) is 1. The van der Waals surface area contributed by atoms with Crippen molar-refractivity contribution in [1.82, 2.24) is 5.32 Å². The predicted molar refractivity (Wildman–Crippen MR) is 76.5 cm³/mol. The highest BCUT2D eigenvalue weighted by Crippen LogP contribution is 2.63. The molecule has 4 rings (SSSR count). The van der Waals surface area contributed by atoms with E-state index in [0.29, 0.717) is 0 Å². The van der Waals surface area contributed by atoms with Crippen molar-refractivity contribution in [2.45, 2.75) is 70.9 Å². The van der Waals surface area contributed by atoms with E-state index < -0.39 is 5.54 Å². The smallest absolute Gasteiger partial charge is 0.240 e. The van der Waals surface area contributed by atoms with E-state index in [1.54, 1.807) is 0 Å². The van der Waals surface area contributed by atoms with Gasteiger partial charge < -0.3 is 11.1 Å². The van der Waals surface area contributed by atoms with Gasteiger partial charge in [-0.1, -0.05) is 0 Å². The summed E-state index contributed by atoms with van der Waals surface area (Å²) in [5.41, 5.74) is 5.96. The minimum Gasteiger partial charge on any atom is -0.352 e. The summed E-state index contributed by atoms with van der Waals surface area (Å²) in [6.07, 6.45) is 7.70. The molecule has 0 radical (unpaired) electrons. The van der Waals surface area contributed by atoms with E-state index in [1.165, 1.54) is 38.5 Å². The van der Waals surface area contributed by atoms with Gasteiger partial charge in [0.2, 0.25) is 5.91 Å². The van der Waals surface area contributed by atoms with E-state index in [-0.39, 0.29) is 17.4 Å². The molecule has 4 bridgehead atoms. The molecule has 108 valence electrons. The lowest BCUT2D eigenvalue weighted by Crippen LogP contribution is -2.67. The zero-order valence-electron chi connectivity index (χ0n) is 12.5. The lowest BCUT2D eigenvalue weighted by atomic mass is 9.45. The second-order valence-electron chi connectivity index (χ2n) is 8.03. The molecule has 1 unspecified atom stereocenters. The van der Waals surface area contributed by atoms with Crippen LogP contribution >= 0.6 is 0 Å². The molecule has 0 saturated heterocycles. The molecule has 0 aromatic heterocycles. The van der Waals surface area contributed by atoms with Crippen LogP contribution in [0.2, 0.25) is 0 Å². The van der Waals surface area contributed by atoms with Crippen LogP contribution in [0.1, 0.15) is 59.3 Å². The van der Waals surface area contributed by atoms with Gasteiger partial charge in [0.25, 0.3) is 0 Å². The Labute approximate surface area is 116 Å². The number of carbonyl (C=O) groups excluding carboxylic acids is 1. The largest absolute Gasteiger partial charge is 0.352 e. The van der Waals surface area contributed by atoms with Gasteiger partial charge >= 0.3 is 0 Å². The summed E-state index contributed by atoms with van der Waals surface area (Å²) in [6, 6.07) is 0.171. The molecule has 1 atom stereocenters. The fourth-order valence-corrected chi connectivity index (χ4v) is 5.40. The van der Waals surface area contributed by atoms with Crippen molar-refractivity contribution in [3.8, 4) is 0 Å². The number of rotatable bonds is 3. The van der Waals surface area contributed by atoms with Crippen LogP contribution in [0, 0.1) is 23.2 Å². The molecule has 4 fully saturated rings. The van der Waals surface area contributed by atoms with E-state index in [1.807, 2.05) is 20.8 Å². The zero-order valence-corrected chi connectivity index (χ0v) is 12.5. The third-order valence-corrected chi connectivity index (χ3v) is 6.03. The summed E-state index contributed by atoms with van der Waals surface area (Å²) in [5, 5.41) is 3.04. The molecule has 19 heavy (non-hydrogen) atoms. The first-order valence-corrected chi connectivity index (χ1v) is 7.92. The van der Waals surface area contributed by atoms with Gasteiger partial charge in [-0.2, -0.15) is 0 Å². The molecule has 0 aliphatic heterocycles. The molecule has 0 heterocycles. The minimum absolute atomic E-state index is 0.0597. The van der Waals surface area contributed by atoms with Crippen LogP contribution in [0.5, 0.6) is 0 Å². The van der Waals surface area contributed by atoms with Crippen molar-refractivity contribution in [3.63, 3.8) is 0 Å². The van der Waals surface area contributed by atoms with Crippen molar-refractivity contribution in [3.05, 3.63) is 0 Å². The molecule has 3 heteroatoms. The van der Waals surface area contributed by atoms with Gasteiger partial charge in [0.15, 0.2) is 0 Å². The van der Waals surface area contributed by atoms with Crippen molar-refractivity contribution >= 4 is 5.91 Å². The Kier molecular flexibility index (Phi) is 2.97. The van der Waals surface area contributed by atoms with E-state index >= 15 is 0 Å². The van der Waals surface area contributed by atoms with Crippen molar-refractivity contribution in [2.24, 2.45) is 28.9 Å². The van der Waals surface area contributed by atoms with Crippen LogP contribution in [-0.4, -0.2) is 17.5 Å². The van der Waals surface area contributed by atoms with E-state index in [9.17, 15) is 4.79 Å². The minimum atomic E-state index is -0.701. The Morgan fingerprint density at radius 2 is 1.58 bits per heavy atom. The number of hydrogen-bond acceptors (Lipinski definition) is 2. The first kappa shape index (κ1) is 13.4. The highest BCUT2D eigenvalue weighted by molar-refractivity contribution is 5.87. The summed E-state index contributed by atoms with van der Waals surface area (Å²) in [7, 11) is 0. The molecule has 0 aromatic rings. The van der Waals surface area contributed by atoms with Crippen LogP contribution < -0.4 is 11.1 Å². The fourth-order valence-electron chi connectivity index (χ4n) is 5.40. The molecule has 4 aliphatic carbocycles. The molecule has 1 amide bonds. The first-order chi connectivity index (χ1) is 8.82. The van der Waals surface area contributed by atoms with Crippen molar-refractivity contribution in [1.29, 1.82) is 0 Å². The second kappa shape index (κ2) is 4.21. The lowest BCUT2D eigenvalue weighted by molar-refractivity contribution is -0.144. The number of nitrogens with two attached hydrogens (primary N) is 1. The Hall–Kier alpha value is -0.570. The van der Waals surface area contributed by atoms with Gasteiger partial charge in [-0.25, -0.2) is 0 Å². The summed E-state index contributed by atoms with van der Waals surface area (Å²) >= 11 is 0. The number of amides is 1. The zero-order chi connectivity index (χ0) is 13.8. The Morgan fingerprint density at radius 3 is 1.95 bits per heavy atom. The molecule has 0 aromatic carbocycles. The fraction of sp³-hybridized carbons (Fsp3) is 0.938. The van der Waals surface area contributed by atoms with Crippen molar-refractivity contribution in [2.75, 3.05) is 0 Å². The summed E-state index contributed by atoms with van der Waals surface area (Å²) in [5.74, 6) is 2.56. The normalized spacial score (nSPS) is 43.3. The molecular formula is C16H28N2O. The molecule has 4 saturated carbocycles. The van der Waals surface area contributed by atoms with E-state index in [4.69, 9.17) is 5.73 Å². The molecule has 3 nitrogen and oxygen atoms in total. The van der Waals surface area contributed by atoms with Crippen LogP contribution in [0.3, 0.4) is 0 Å². The Balaban J connectivity index is 1.85. The maximum atomic E-state index is 12.6. The molecule has 4 aliphatic rings. The van der Waals surface area contributed by atoms with Crippen LogP contribution in [0.15, 0.2) is 0 Å². The standard InChI is InChI=1S/C16H28N2O/c1-10(2)18-14(19)15(3,17)16-7-11-4-12(8-16)6-13(5-11)9-16/h10-13H,4-9,17H2,1-3H3,(H,18,19). The topological polar surface area (TPSA) is 55.1 Å².